The third kappa shape index (κ3) is 2.96. The molecule has 0 saturated carbocycles. The molecule has 0 saturated heterocycles. The second-order valence-corrected chi connectivity index (χ2v) is 7.84. The maximum atomic E-state index is 11.5. The van der Waals surface area contributed by atoms with Gasteiger partial charge in [0.15, 0.2) is 9.84 Å². The molecule has 0 aliphatic heterocycles. The summed E-state index contributed by atoms with van der Waals surface area (Å²) in [5.74, 6) is 0.834. The number of aromatic amines is 1. The highest BCUT2D eigenvalue weighted by Gasteiger charge is 2.22. The largest absolute Gasteiger partial charge is 0.338 e. The summed E-state index contributed by atoms with van der Waals surface area (Å²) in [5, 5.41) is 11.1. The Kier molecular flexibility index (Phi) is 4.00. The van der Waals surface area contributed by atoms with Crippen LogP contribution in [0.25, 0.3) is 11.4 Å². The Hall–Kier alpha value is -2.48. The normalized spacial score (nSPS) is 13.2. The lowest BCUT2D eigenvalue weighted by molar-refractivity contribution is 0.370. The van der Waals surface area contributed by atoms with Gasteiger partial charge in [-0.25, -0.2) is 8.42 Å². The van der Waals surface area contributed by atoms with Crippen LogP contribution >= 0.6 is 0 Å². The van der Waals surface area contributed by atoms with Gasteiger partial charge in [-0.2, -0.15) is 10.1 Å². The topological polar surface area (TPSA) is 102 Å². The van der Waals surface area contributed by atoms with Crippen LogP contribution < -0.4 is 0 Å². The van der Waals surface area contributed by atoms with Crippen molar-refractivity contribution in [2.75, 3.05) is 6.26 Å². The van der Waals surface area contributed by atoms with E-state index >= 15 is 0 Å². The lowest BCUT2D eigenvalue weighted by Gasteiger charge is -2.06. The van der Waals surface area contributed by atoms with Gasteiger partial charge >= 0.3 is 0 Å². The van der Waals surface area contributed by atoms with E-state index in [9.17, 15) is 8.42 Å². The van der Waals surface area contributed by atoms with E-state index in [0.717, 1.165) is 17.0 Å². The van der Waals surface area contributed by atoms with E-state index in [-0.39, 0.29) is 10.8 Å². The first kappa shape index (κ1) is 16.4. The Morgan fingerprint density at radius 1 is 1.17 bits per heavy atom. The van der Waals surface area contributed by atoms with E-state index in [2.05, 4.69) is 20.3 Å². The first-order valence-corrected chi connectivity index (χ1v) is 9.32. The molecule has 0 spiro atoms. The molecule has 1 atom stereocenters. The number of H-pyrrole nitrogens is 1. The average Bonchev–Trinajstić information content (AvgIpc) is 3.13. The van der Waals surface area contributed by atoms with Gasteiger partial charge < -0.3 is 4.52 Å². The van der Waals surface area contributed by atoms with Crippen molar-refractivity contribution in [2.24, 2.45) is 0 Å². The van der Waals surface area contributed by atoms with Gasteiger partial charge in [0, 0.05) is 23.1 Å². The summed E-state index contributed by atoms with van der Waals surface area (Å²) in [7, 11) is -3.22. The number of sulfone groups is 1. The molecule has 8 heteroatoms. The molecular weight excluding hydrogens is 328 g/mol. The Morgan fingerprint density at radius 3 is 2.38 bits per heavy atom. The van der Waals surface area contributed by atoms with Gasteiger partial charge in [0.1, 0.15) is 0 Å². The standard InChI is InChI=1S/C16H18N4O3S/c1-9(14-10(2)18-19-11(14)3)16-17-15(20-23-16)12-5-7-13(8-6-12)24(4,21)22/h5-9H,1-4H3,(H,18,19)/t9-/m0/s1. The van der Waals surface area contributed by atoms with Crippen LogP contribution in [0.15, 0.2) is 33.7 Å². The number of hydrogen-bond donors (Lipinski definition) is 1. The van der Waals surface area contributed by atoms with E-state index in [0.29, 0.717) is 17.3 Å². The number of aromatic nitrogens is 4. The number of nitrogens with one attached hydrogen (secondary N) is 1. The van der Waals surface area contributed by atoms with Crippen LogP contribution in [0, 0.1) is 13.8 Å². The van der Waals surface area contributed by atoms with Gasteiger partial charge in [-0.15, -0.1) is 0 Å². The molecule has 0 amide bonds. The van der Waals surface area contributed by atoms with Gasteiger partial charge in [-0.05, 0) is 45.0 Å². The minimum atomic E-state index is -3.22. The molecule has 0 bridgehead atoms. The summed E-state index contributed by atoms with van der Waals surface area (Å²) >= 11 is 0. The maximum Gasteiger partial charge on any atom is 0.234 e. The molecule has 0 radical (unpaired) electrons. The first-order valence-electron chi connectivity index (χ1n) is 7.43. The predicted octanol–water partition coefficient (Wildman–Crippen LogP) is 2.63. The minimum absolute atomic E-state index is 0.0831. The summed E-state index contributed by atoms with van der Waals surface area (Å²) in [6.45, 7) is 5.86. The van der Waals surface area contributed by atoms with Crippen molar-refractivity contribution in [3.63, 3.8) is 0 Å². The molecule has 7 nitrogen and oxygen atoms in total. The molecule has 2 aromatic heterocycles. The summed E-state index contributed by atoms with van der Waals surface area (Å²) in [6.07, 6.45) is 1.17. The number of hydrogen-bond acceptors (Lipinski definition) is 6. The van der Waals surface area contributed by atoms with Crippen molar-refractivity contribution in [1.82, 2.24) is 20.3 Å². The van der Waals surface area contributed by atoms with Crippen molar-refractivity contribution < 1.29 is 12.9 Å². The predicted molar refractivity (Wildman–Crippen MR) is 88.4 cm³/mol. The van der Waals surface area contributed by atoms with Crippen LogP contribution in [0.5, 0.6) is 0 Å². The van der Waals surface area contributed by atoms with Crippen LogP contribution in [-0.4, -0.2) is 35.0 Å². The van der Waals surface area contributed by atoms with E-state index in [1.165, 1.54) is 18.4 Å². The third-order valence-corrected chi connectivity index (χ3v) is 5.10. The zero-order valence-electron chi connectivity index (χ0n) is 13.9. The fourth-order valence-electron chi connectivity index (χ4n) is 2.70. The van der Waals surface area contributed by atoms with Crippen LogP contribution in [-0.2, 0) is 9.84 Å². The number of nitrogens with zero attached hydrogens (tertiary/aromatic N) is 3. The SMILES string of the molecule is Cc1n[nH]c(C)c1[C@H](C)c1nc(-c2ccc(S(C)(=O)=O)cc2)no1. The summed E-state index contributed by atoms with van der Waals surface area (Å²) in [5.41, 5.74) is 3.61. The van der Waals surface area contributed by atoms with E-state index in [1.54, 1.807) is 12.1 Å². The summed E-state index contributed by atoms with van der Waals surface area (Å²) in [6, 6.07) is 6.41. The molecule has 0 aliphatic carbocycles. The summed E-state index contributed by atoms with van der Waals surface area (Å²) < 4.78 is 28.4. The molecule has 126 valence electrons. The Balaban J connectivity index is 1.91. The van der Waals surface area contributed by atoms with Crippen LogP contribution in [0.3, 0.4) is 0 Å². The van der Waals surface area contributed by atoms with Crippen LogP contribution in [0.1, 0.15) is 35.7 Å². The molecule has 3 aromatic rings. The van der Waals surface area contributed by atoms with E-state index in [1.807, 2.05) is 20.8 Å². The maximum absolute atomic E-state index is 11.5. The molecule has 0 unspecified atom stereocenters. The van der Waals surface area contributed by atoms with Crippen molar-refractivity contribution in [3.8, 4) is 11.4 Å². The Labute approximate surface area is 140 Å². The number of benzene rings is 1. The van der Waals surface area contributed by atoms with Crippen molar-refractivity contribution >= 4 is 9.84 Å². The Bertz CT molecular complexity index is 952. The van der Waals surface area contributed by atoms with E-state index in [4.69, 9.17) is 4.52 Å². The van der Waals surface area contributed by atoms with Gasteiger partial charge in [0.25, 0.3) is 0 Å². The molecule has 24 heavy (non-hydrogen) atoms. The molecule has 1 N–H and O–H groups in total. The molecule has 0 aliphatic rings. The first-order chi connectivity index (χ1) is 11.3. The number of aryl methyl sites for hydroxylation is 2. The average molecular weight is 346 g/mol. The summed E-state index contributed by atoms with van der Waals surface area (Å²) in [4.78, 5) is 4.70. The van der Waals surface area contributed by atoms with Gasteiger partial charge in [-0.1, -0.05) is 5.16 Å². The molecular formula is C16H18N4O3S. The third-order valence-electron chi connectivity index (χ3n) is 3.97. The molecule has 3 rings (SSSR count). The zero-order chi connectivity index (χ0) is 17.5. The van der Waals surface area contributed by atoms with Gasteiger partial charge in [0.2, 0.25) is 11.7 Å². The minimum Gasteiger partial charge on any atom is -0.338 e. The molecule has 1 aromatic carbocycles. The smallest absolute Gasteiger partial charge is 0.234 e. The highest BCUT2D eigenvalue weighted by molar-refractivity contribution is 7.90. The van der Waals surface area contributed by atoms with Crippen molar-refractivity contribution in [1.29, 1.82) is 0 Å². The Morgan fingerprint density at radius 2 is 1.83 bits per heavy atom. The fourth-order valence-corrected chi connectivity index (χ4v) is 3.33. The second-order valence-electron chi connectivity index (χ2n) is 5.82. The number of rotatable bonds is 4. The quantitative estimate of drug-likeness (QED) is 0.779. The molecule has 0 fully saturated rings. The van der Waals surface area contributed by atoms with Crippen molar-refractivity contribution in [2.45, 2.75) is 31.6 Å². The highest BCUT2D eigenvalue weighted by atomic mass is 32.2. The monoisotopic (exact) mass is 346 g/mol. The van der Waals surface area contributed by atoms with Gasteiger partial charge in [0.05, 0.1) is 16.5 Å². The molecule has 2 heterocycles. The van der Waals surface area contributed by atoms with Crippen LogP contribution in [0.2, 0.25) is 0 Å². The highest BCUT2D eigenvalue weighted by Crippen LogP contribution is 2.28. The lowest BCUT2D eigenvalue weighted by Crippen LogP contribution is -1.99. The zero-order valence-corrected chi connectivity index (χ0v) is 14.7. The van der Waals surface area contributed by atoms with Crippen LogP contribution in [0.4, 0.5) is 0 Å². The lowest BCUT2D eigenvalue weighted by atomic mass is 9.99. The fraction of sp³-hybridized carbons (Fsp3) is 0.312. The van der Waals surface area contributed by atoms with Gasteiger partial charge in [-0.3, -0.25) is 5.10 Å². The van der Waals surface area contributed by atoms with E-state index < -0.39 is 9.84 Å². The van der Waals surface area contributed by atoms with Crippen molar-refractivity contribution in [3.05, 3.63) is 47.1 Å². The second kappa shape index (κ2) is 5.86.